The Morgan fingerprint density at radius 3 is 2.17 bits per heavy atom. The molecule has 5 heteroatoms. The second-order valence-corrected chi connectivity index (χ2v) is 5.76. The number of anilines is 1. The molecule has 1 saturated carbocycles. The van der Waals surface area contributed by atoms with Crippen LogP contribution in [-0.2, 0) is 4.79 Å². The highest BCUT2D eigenvalue weighted by Crippen LogP contribution is 2.51. The number of hydrogen-bond acceptors (Lipinski definition) is 4. The standard InChI is InChI=1S/C19H21NO4/c1-22-16-9-12(10-17(23-2)18(16)24-3)14-11-15(14)19(21)20-13-7-5-4-6-8-13/h4-10,14-15H,11H2,1-3H3,(H,20,21)/t14-,15+/m1/s1. The van der Waals surface area contributed by atoms with E-state index in [1.54, 1.807) is 21.3 Å². The van der Waals surface area contributed by atoms with Gasteiger partial charge in [0.1, 0.15) is 0 Å². The molecule has 2 atom stereocenters. The smallest absolute Gasteiger partial charge is 0.228 e. The van der Waals surface area contributed by atoms with E-state index in [1.807, 2.05) is 42.5 Å². The topological polar surface area (TPSA) is 56.8 Å². The number of amides is 1. The summed E-state index contributed by atoms with van der Waals surface area (Å²) in [5, 5.41) is 2.96. The van der Waals surface area contributed by atoms with Crippen LogP contribution in [0, 0.1) is 5.92 Å². The molecule has 2 aromatic carbocycles. The third-order valence-corrected chi connectivity index (χ3v) is 4.28. The van der Waals surface area contributed by atoms with E-state index in [2.05, 4.69) is 5.32 Å². The fourth-order valence-corrected chi connectivity index (χ4v) is 2.93. The van der Waals surface area contributed by atoms with E-state index < -0.39 is 0 Å². The fraction of sp³-hybridized carbons (Fsp3) is 0.316. The van der Waals surface area contributed by atoms with Crippen LogP contribution in [0.1, 0.15) is 17.9 Å². The summed E-state index contributed by atoms with van der Waals surface area (Å²) in [4.78, 5) is 12.4. The van der Waals surface area contributed by atoms with Crippen molar-refractivity contribution in [3.63, 3.8) is 0 Å². The van der Waals surface area contributed by atoms with E-state index in [9.17, 15) is 4.79 Å². The first-order chi connectivity index (χ1) is 11.7. The second kappa shape index (κ2) is 6.83. The number of hydrogen-bond donors (Lipinski definition) is 1. The molecule has 1 aliphatic carbocycles. The first kappa shape index (κ1) is 16.2. The number of carbonyl (C=O) groups excluding carboxylic acids is 1. The monoisotopic (exact) mass is 327 g/mol. The number of rotatable bonds is 6. The molecule has 126 valence electrons. The average Bonchev–Trinajstić information content (AvgIpc) is 3.42. The Morgan fingerprint density at radius 1 is 1.00 bits per heavy atom. The van der Waals surface area contributed by atoms with Crippen molar-refractivity contribution in [1.82, 2.24) is 0 Å². The number of ether oxygens (including phenoxy) is 3. The van der Waals surface area contributed by atoms with Crippen molar-refractivity contribution in [2.45, 2.75) is 12.3 Å². The van der Waals surface area contributed by atoms with Crippen LogP contribution in [0.4, 0.5) is 5.69 Å². The molecular weight excluding hydrogens is 306 g/mol. The zero-order valence-electron chi connectivity index (χ0n) is 14.0. The quantitative estimate of drug-likeness (QED) is 0.883. The zero-order valence-corrected chi connectivity index (χ0v) is 14.0. The highest BCUT2D eigenvalue weighted by atomic mass is 16.5. The Balaban J connectivity index is 1.76. The third-order valence-electron chi connectivity index (χ3n) is 4.28. The van der Waals surface area contributed by atoms with E-state index in [1.165, 1.54) is 0 Å². The molecule has 1 fully saturated rings. The highest BCUT2D eigenvalue weighted by Gasteiger charge is 2.44. The van der Waals surface area contributed by atoms with Crippen LogP contribution in [0.15, 0.2) is 42.5 Å². The van der Waals surface area contributed by atoms with Crippen LogP contribution in [0.2, 0.25) is 0 Å². The van der Waals surface area contributed by atoms with Crippen molar-refractivity contribution in [1.29, 1.82) is 0 Å². The molecule has 0 aliphatic heterocycles. The number of nitrogens with one attached hydrogen (secondary N) is 1. The average molecular weight is 327 g/mol. The molecule has 0 radical (unpaired) electrons. The Hall–Kier alpha value is -2.69. The maximum absolute atomic E-state index is 12.4. The van der Waals surface area contributed by atoms with Gasteiger partial charge in [-0.25, -0.2) is 0 Å². The van der Waals surface area contributed by atoms with Crippen molar-refractivity contribution >= 4 is 11.6 Å². The molecular formula is C19H21NO4. The van der Waals surface area contributed by atoms with Gasteiger partial charge in [-0.15, -0.1) is 0 Å². The SMILES string of the molecule is COc1cc([C@H]2C[C@@H]2C(=O)Nc2ccccc2)cc(OC)c1OC. The predicted molar refractivity (Wildman–Crippen MR) is 92.0 cm³/mol. The molecule has 5 nitrogen and oxygen atoms in total. The molecule has 0 unspecified atom stereocenters. The molecule has 24 heavy (non-hydrogen) atoms. The summed E-state index contributed by atoms with van der Waals surface area (Å²) in [6, 6.07) is 13.3. The van der Waals surface area contributed by atoms with Crippen molar-refractivity contribution in [2.24, 2.45) is 5.92 Å². The fourth-order valence-electron chi connectivity index (χ4n) is 2.93. The third kappa shape index (κ3) is 3.15. The maximum atomic E-state index is 12.4. The van der Waals surface area contributed by atoms with Gasteiger partial charge in [0.15, 0.2) is 11.5 Å². The Morgan fingerprint density at radius 2 is 1.62 bits per heavy atom. The van der Waals surface area contributed by atoms with E-state index in [0.717, 1.165) is 17.7 Å². The van der Waals surface area contributed by atoms with Crippen LogP contribution < -0.4 is 19.5 Å². The number of methoxy groups -OCH3 is 3. The summed E-state index contributed by atoms with van der Waals surface area (Å²) in [6.07, 6.45) is 0.817. The van der Waals surface area contributed by atoms with Gasteiger partial charge in [0.05, 0.1) is 21.3 Å². The van der Waals surface area contributed by atoms with Crippen molar-refractivity contribution in [2.75, 3.05) is 26.6 Å². The van der Waals surface area contributed by atoms with E-state index in [-0.39, 0.29) is 17.7 Å². The number of carbonyl (C=O) groups is 1. The molecule has 0 saturated heterocycles. The van der Waals surface area contributed by atoms with Gasteiger partial charge < -0.3 is 19.5 Å². The lowest BCUT2D eigenvalue weighted by molar-refractivity contribution is -0.117. The molecule has 2 aromatic rings. The normalized spacial score (nSPS) is 18.6. The van der Waals surface area contributed by atoms with Gasteiger partial charge in [0.25, 0.3) is 0 Å². The summed E-state index contributed by atoms with van der Waals surface area (Å²) in [7, 11) is 4.76. The zero-order chi connectivity index (χ0) is 17.1. The van der Waals surface area contributed by atoms with Crippen LogP contribution in [0.3, 0.4) is 0 Å². The van der Waals surface area contributed by atoms with Gasteiger partial charge in [0, 0.05) is 11.6 Å². The largest absolute Gasteiger partial charge is 0.493 e. The van der Waals surface area contributed by atoms with Crippen molar-refractivity contribution in [3.05, 3.63) is 48.0 Å². The van der Waals surface area contributed by atoms with Crippen LogP contribution in [0.5, 0.6) is 17.2 Å². The van der Waals surface area contributed by atoms with Gasteiger partial charge in [-0.1, -0.05) is 18.2 Å². The Labute approximate surface area is 141 Å². The van der Waals surface area contributed by atoms with Gasteiger partial charge in [-0.3, -0.25) is 4.79 Å². The molecule has 1 N–H and O–H groups in total. The minimum absolute atomic E-state index is 0.0342. The number of benzene rings is 2. The molecule has 0 spiro atoms. The van der Waals surface area contributed by atoms with Crippen LogP contribution in [0.25, 0.3) is 0 Å². The van der Waals surface area contributed by atoms with E-state index in [4.69, 9.17) is 14.2 Å². The Bertz CT molecular complexity index is 704. The summed E-state index contributed by atoms with van der Waals surface area (Å²) >= 11 is 0. The molecule has 0 aromatic heterocycles. The van der Waals surface area contributed by atoms with Crippen molar-refractivity contribution in [3.8, 4) is 17.2 Å². The maximum Gasteiger partial charge on any atom is 0.228 e. The van der Waals surface area contributed by atoms with Crippen molar-refractivity contribution < 1.29 is 19.0 Å². The molecule has 0 heterocycles. The van der Waals surface area contributed by atoms with Crippen LogP contribution in [-0.4, -0.2) is 27.2 Å². The van der Waals surface area contributed by atoms with Gasteiger partial charge in [-0.2, -0.15) is 0 Å². The van der Waals surface area contributed by atoms with Gasteiger partial charge in [0.2, 0.25) is 11.7 Å². The first-order valence-electron chi connectivity index (χ1n) is 7.83. The van der Waals surface area contributed by atoms with E-state index in [0.29, 0.717) is 17.2 Å². The second-order valence-electron chi connectivity index (χ2n) is 5.76. The summed E-state index contributed by atoms with van der Waals surface area (Å²) in [5.74, 6) is 1.96. The summed E-state index contributed by atoms with van der Waals surface area (Å²) < 4.78 is 16.1. The molecule has 1 aliphatic rings. The molecule has 3 rings (SSSR count). The van der Waals surface area contributed by atoms with E-state index >= 15 is 0 Å². The molecule has 1 amide bonds. The Kier molecular flexibility index (Phi) is 4.60. The number of para-hydroxylation sites is 1. The summed E-state index contributed by atoms with van der Waals surface area (Å²) in [6.45, 7) is 0. The first-order valence-corrected chi connectivity index (χ1v) is 7.83. The molecule has 0 bridgehead atoms. The van der Waals surface area contributed by atoms with Gasteiger partial charge in [-0.05, 0) is 42.2 Å². The van der Waals surface area contributed by atoms with Gasteiger partial charge >= 0.3 is 0 Å². The summed E-state index contributed by atoms with van der Waals surface area (Å²) in [5.41, 5.74) is 1.84. The highest BCUT2D eigenvalue weighted by molar-refractivity contribution is 5.95. The van der Waals surface area contributed by atoms with Crippen LogP contribution >= 0.6 is 0 Å². The minimum atomic E-state index is -0.0342. The lowest BCUT2D eigenvalue weighted by Crippen LogP contribution is -2.14. The lowest BCUT2D eigenvalue weighted by Gasteiger charge is -2.14. The lowest BCUT2D eigenvalue weighted by atomic mass is 10.1. The minimum Gasteiger partial charge on any atom is -0.493 e. The predicted octanol–water partition coefficient (Wildman–Crippen LogP) is 3.45.